The van der Waals surface area contributed by atoms with Gasteiger partial charge in [0.2, 0.25) is 0 Å². The lowest BCUT2D eigenvalue weighted by Gasteiger charge is -2.36. The van der Waals surface area contributed by atoms with Gasteiger partial charge < -0.3 is 10.1 Å². The fourth-order valence-electron chi connectivity index (χ4n) is 2.26. The summed E-state index contributed by atoms with van der Waals surface area (Å²) >= 11 is 0. The first-order valence-electron chi connectivity index (χ1n) is 6.69. The van der Waals surface area contributed by atoms with Crippen LogP contribution in [0.15, 0.2) is 18.2 Å². The molecule has 1 aromatic rings. The summed E-state index contributed by atoms with van der Waals surface area (Å²) in [7, 11) is 3.94. The molecular weight excluding hydrogens is 224 g/mol. The minimum absolute atomic E-state index is 0.560. The molecule has 2 rings (SSSR count). The van der Waals surface area contributed by atoms with E-state index in [1.54, 1.807) is 7.11 Å². The maximum Gasteiger partial charge on any atom is 0.123 e. The molecule has 0 bridgehead atoms. The molecule has 0 radical (unpaired) electrons. The standard InChI is InChI=1S/C15H24N2O/c1-11(2)12-5-6-15(18-4)13(7-12)10-17(3)14-8-16-9-14/h5-7,11,14,16H,8-10H2,1-4H3. The zero-order valence-corrected chi connectivity index (χ0v) is 11.9. The van der Waals surface area contributed by atoms with Crippen molar-refractivity contribution in [3.05, 3.63) is 29.3 Å². The Bertz CT molecular complexity index is 399. The molecule has 0 amide bonds. The van der Waals surface area contributed by atoms with Gasteiger partial charge >= 0.3 is 0 Å². The van der Waals surface area contributed by atoms with Crippen LogP contribution in [0.4, 0.5) is 0 Å². The summed E-state index contributed by atoms with van der Waals surface area (Å²) in [4.78, 5) is 2.40. The summed E-state index contributed by atoms with van der Waals surface area (Å²) in [5, 5.41) is 3.31. The number of hydrogen-bond acceptors (Lipinski definition) is 3. The van der Waals surface area contributed by atoms with Crippen molar-refractivity contribution in [2.75, 3.05) is 27.2 Å². The van der Waals surface area contributed by atoms with Crippen LogP contribution in [-0.2, 0) is 6.54 Å². The molecule has 100 valence electrons. The first kappa shape index (κ1) is 13.4. The molecule has 0 saturated carbocycles. The number of rotatable bonds is 5. The van der Waals surface area contributed by atoms with Gasteiger partial charge in [0, 0.05) is 31.2 Å². The Balaban J connectivity index is 2.15. The van der Waals surface area contributed by atoms with E-state index in [1.165, 1.54) is 11.1 Å². The maximum absolute atomic E-state index is 5.47. The van der Waals surface area contributed by atoms with Gasteiger partial charge in [-0.05, 0) is 24.6 Å². The van der Waals surface area contributed by atoms with Crippen molar-refractivity contribution in [3.8, 4) is 5.75 Å². The van der Waals surface area contributed by atoms with Crippen LogP contribution < -0.4 is 10.1 Å². The predicted molar refractivity (Wildman–Crippen MR) is 75.2 cm³/mol. The third-order valence-corrected chi connectivity index (χ3v) is 3.77. The summed E-state index contributed by atoms with van der Waals surface area (Å²) in [6, 6.07) is 7.21. The molecule has 1 N–H and O–H groups in total. The average Bonchev–Trinajstić information content (AvgIpc) is 2.26. The Morgan fingerprint density at radius 2 is 2.11 bits per heavy atom. The molecule has 0 unspecified atom stereocenters. The molecule has 18 heavy (non-hydrogen) atoms. The summed E-state index contributed by atoms with van der Waals surface area (Å²) in [5.74, 6) is 1.56. The van der Waals surface area contributed by atoms with E-state index in [1.807, 2.05) is 0 Å². The molecule has 1 heterocycles. The van der Waals surface area contributed by atoms with Crippen molar-refractivity contribution in [2.45, 2.75) is 32.4 Å². The Morgan fingerprint density at radius 3 is 2.61 bits per heavy atom. The van der Waals surface area contributed by atoms with E-state index in [4.69, 9.17) is 4.74 Å². The molecule has 0 atom stereocenters. The number of likely N-dealkylation sites (N-methyl/N-ethyl adjacent to an activating group) is 1. The number of hydrogen-bond donors (Lipinski definition) is 1. The first-order chi connectivity index (χ1) is 8.61. The number of nitrogens with zero attached hydrogens (tertiary/aromatic N) is 1. The highest BCUT2D eigenvalue weighted by atomic mass is 16.5. The molecule has 3 nitrogen and oxygen atoms in total. The molecular formula is C15H24N2O. The lowest BCUT2D eigenvalue weighted by atomic mass is 9.99. The van der Waals surface area contributed by atoms with Gasteiger partial charge in [-0.3, -0.25) is 4.90 Å². The van der Waals surface area contributed by atoms with Crippen LogP contribution in [-0.4, -0.2) is 38.2 Å². The fraction of sp³-hybridized carbons (Fsp3) is 0.600. The van der Waals surface area contributed by atoms with Gasteiger partial charge in [-0.25, -0.2) is 0 Å². The molecule has 1 fully saturated rings. The molecule has 0 aromatic heterocycles. The largest absolute Gasteiger partial charge is 0.496 e. The van der Waals surface area contributed by atoms with Gasteiger partial charge in [0.25, 0.3) is 0 Å². The minimum Gasteiger partial charge on any atom is -0.496 e. The number of methoxy groups -OCH3 is 1. The van der Waals surface area contributed by atoms with Crippen LogP contribution in [0, 0.1) is 0 Å². The third-order valence-electron chi connectivity index (χ3n) is 3.77. The van der Waals surface area contributed by atoms with E-state index in [2.05, 4.69) is 49.3 Å². The Hall–Kier alpha value is -1.06. The molecule has 1 saturated heterocycles. The molecule has 0 spiro atoms. The molecule has 1 aliphatic heterocycles. The number of ether oxygens (including phenoxy) is 1. The van der Waals surface area contributed by atoms with E-state index in [9.17, 15) is 0 Å². The predicted octanol–water partition coefficient (Wildman–Crippen LogP) is 2.22. The lowest BCUT2D eigenvalue weighted by Crippen LogP contribution is -2.55. The van der Waals surface area contributed by atoms with E-state index < -0.39 is 0 Å². The zero-order valence-electron chi connectivity index (χ0n) is 11.9. The summed E-state index contributed by atoms with van der Waals surface area (Å²) < 4.78 is 5.47. The van der Waals surface area contributed by atoms with Crippen LogP contribution in [0.5, 0.6) is 5.75 Å². The van der Waals surface area contributed by atoms with Gasteiger partial charge in [-0.2, -0.15) is 0 Å². The van der Waals surface area contributed by atoms with Gasteiger partial charge in [-0.1, -0.05) is 26.0 Å². The number of nitrogens with one attached hydrogen (secondary N) is 1. The van der Waals surface area contributed by atoms with E-state index in [0.717, 1.165) is 25.4 Å². The van der Waals surface area contributed by atoms with Gasteiger partial charge in [0.15, 0.2) is 0 Å². The first-order valence-corrected chi connectivity index (χ1v) is 6.69. The van der Waals surface area contributed by atoms with Crippen molar-refractivity contribution >= 4 is 0 Å². The second-order valence-corrected chi connectivity index (χ2v) is 5.45. The molecule has 0 aliphatic carbocycles. The van der Waals surface area contributed by atoms with Crippen LogP contribution in [0.1, 0.15) is 30.9 Å². The highest BCUT2D eigenvalue weighted by molar-refractivity contribution is 5.38. The Kier molecular flexibility index (Phi) is 4.25. The van der Waals surface area contributed by atoms with Crippen molar-refractivity contribution in [3.63, 3.8) is 0 Å². The van der Waals surface area contributed by atoms with E-state index >= 15 is 0 Å². The second kappa shape index (κ2) is 5.72. The highest BCUT2D eigenvalue weighted by Gasteiger charge is 2.22. The SMILES string of the molecule is COc1ccc(C(C)C)cc1CN(C)C1CNC1. The number of benzene rings is 1. The molecule has 1 aliphatic rings. The quantitative estimate of drug-likeness (QED) is 0.865. The van der Waals surface area contributed by atoms with Crippen LogP contribution in [0.3, 0.4) is 0 Å². The highest BCUT2D eigenvalue weighted by Crippen LogP contribution is 2.25. The Labute approximate surface area is 110 Å². The van der Waals surface area contributed by atoms with Gasteiger partial charge in [0.1, 0.15) is 5.75 Å². The Morgan fingerprint density at radius 1 is 1.39 bits per heavy atom. The topological polar surface area (TPSA) is 24.5 Å². The van der Waals surface area contributed by atoms with Crippen molar-refractivity contribution in [2.24, 2.45) is 0 Å². The van der Waals surface area contributed by atoms with E-state index in [0.29, 0.717) is 12.0 Å². The second-order valence-electron chi connectivity index (χ2n) is 5.45. The van der Waals surface area contributed by atoms with Gasteiger partial charge in [-0.15, -0.1) is 0 Å². The average molecular weight is 248 g/mol. The normalized spacial score (nSPS) is 16.1. The van der Waals surface area contributed by atoms with Crippen molar-refractivity contribution < 1.29 is 4.74 Å². The zero-order chi connectivity index (χ0) is 13.1. The molecule has 3 heteroatoms. The monoisotopic (exact) mass is 248 g/mol. The molecule has 1 aromatic carbocycles. The fourth-order valence-corrected chi connectivity index (χ4v) is 2.26. The summed E-state index contributed by atoms with van der Waals surface area (Å²) in [6.07, 6.45) is 0. The third kappa shape index (κ3) is 2.85. The van der Waals surface area contributed by atoms with Crippen molar-refractivity contribution in [1.29, 1.82) is 0 Å². The van der Waals surface area contributed by atoms with E-state index in [-0.39, 0.29) is 0 Å². The van der Waals surface area contributed by atoms with Gasteiger partial charge in [0.05, 0.1) is 7.11 Å². The summed E-state index contributed by atoms with van der Waals surface area (Å²) in [5.41, 5.74) is 2.67. The maximum atomic E-state index is 5.47. The van der Waals surface area contributed by atoms with Crippen molar-refractivity contribution in [1.82, 2.24) is 10.2 Å². The van der Waals surface area contributed by atoms with Crippen LogP contribution >= 0.6 is 0 Å². The summed E-state index contributed by atoms with van der Waals surface area (Å²) in [6.45, 7) is 7.61. The van der Waals surface area contributed by atoms with Crippen LogP contribution in [0.25, 0.3) is 0 Å². The lowest BCUT2D eigenvalue weighted by molar-refractivity contribution is 0.171. The van der Waals surface area contributed by atoms with Crippen LogP contribution in [0.2, 0.25) is 0 Å². The minimum atomic E-state index is 0.560. The smallest absolute Gasteiger partial charge is 0.123 e.